The molecule has 0 bridgehead atoms. The van der Waals surface area contributed by atoms with Crippen LogP contribution in [0, 0.1) is 5.92 Å². The van der Waals surface area contributed by atoms with Gasteiger partial charge in [0, 0.05) is 18.0 Å². The summed E-state index contributed by atoms with van der Waals surface area (Å²) in [6.07, 6.45) is -2.07. The Hall–Kier alpha value is -3.01. The first-order valence-electron chi connectivity index (χ1n) is 10.7. The third-order valence-corrected chi connectivity index (χ3v) is 6.49. The molecule has 3 heterocycles. The molecular weight excluding hydrogens is 546 g/mol. The predicted molar refractivity (Wildman–Crippen MR) is 122 cm³/mol. The third kappa shape index (κ3) is 6.66. The van der Waals surface area contributed by atoms with Crippen LogP contribution in [-0.2, 0) is 27.2 Å². The van der Waals surface area contributed by atoms with Crippen molar-refractivity contribution in [2.24, 2.45) is 11.1 Å². The van der Waals surface area contributed by atoms with Crippen molar-refractivity contribution in [2.75, 3.05) is 11.9 Å². The molecule has 3 unspecified atom stereocenters. The summed E-state index contributed by atoms with van der Waals surface area (Å²) < 4.78 is 85.6. The topological polar surface area (TPSA) is 142 Å². The summed E-state index contributed by atoms with van der Waals surface area (Å²) >= 11 is 6.18. The van der Waals surface area contributed by atoms with Gasteiger partial charge in [-0.2, -0.15) is 21.6 Å². The molecule has 0 aromatic carbocycles. The highest BCUT2D eigenvalue weighted by atomic mass is 35.5. The number of ketones is 1. The summed E-state index contributed by atoms with van der Waals surface area (Å²) in [4.78, 5) is 21.1. The Balaban J connectivity index is 1.48. The summed E-state index contributed by atoms with van der Waals surface area (Å²) in [5.41, 5.74) is 0.0956. The van der Waals surface area contributed by atoms with E-state index >= 15 is 0 Å². The van der Waals surface area contributed by atoms with E-state index in [-0.39, 0.29) is 53.9 Å². The Morgan fingerprint density at radius 3 is 2.76 bits per heavy atom. The van der Waals surface area contributed by atoms with Gasteiger partial charge in [0.1, 0.15) is 29.2 Å². The van der Waals surface area contributed by atoms with E-state index in [1.165, 1.54) is 23.0 Å². The molecule has 1 saturated carbocycles. The third-order valence-electron chi connectivity index (χ3n) is 5.70. The highest BCUT2D eigenvalue weighted by molar-refractivity contribution is 7.84. The molecule has 4 rings (SSSR count). The van der Waals surface area contributed by atoms with Crippen LogP contribution in [0.1, 0.15) is 40.3 Å². The Bertz CT molecular complexity index is 1390. The van der Waals surface area contributed by atoms with Gasteiger partial charge in [0.25, 0.3) is 0 Å². The lowest BCUT2D eigenvalue weighted by Gasteiger charge is -2.17. The number of halogens is 5. The Kier molecular flexibility index (Phi) is 7.60. The lowest BCUT2D eigenvalue weighted by molar-refractivity contribution is -0.153. The van der Waals surface area contributed by atoms with Crippen molar-refractivity contribution in [1.29, 1.82) is 0 Å². The van der Waals surface area contributed by atoms with Crippen LogP contribution in [0.3, 0.4) is 0 Å². The summed E-state index contributed by atoms with van der Waals surface area (Å²) in [5.74, 6) is -2.13. The molecule has 3 atom stereocenters. The van der Waals surface area contributed by atoms with E-state index in [2.05, 4.69) is 19.5 Å². The van der Waals surface area contributed by atoms with Crippen LogP contribution in [0.4, 0.5) is 23.4 Å². The van der Waals surface area contributed by atoms with Crippen LogP contribution in [0.5, 0.6) is 0 Å². The second kappa shape index (κ2) is 10.4. The molecule has 16 heteroatoms. The average molecular weight is 566 g/mol. The highest BCUT2D eigenvalue weighted by Crippen LogP contribution is 2.33. The van der Waals surface area contributed by atoms with Crippen LogP contribution in [0.2, 0.25) is 5.15 Å². The monoisotopic (exact) mass is 565 g/mol. The normalized spacial score (nSPS) is 20.3. The molecule has 1 aliphatic rings. The molecule has 1 fully saturated rings. The van der Waals surface area contributed by atoms with Gasteiger partial charge in [0.15, 0.2) is 5.78 Å². The molecule has 3 aromatic heterocycles. The summed E-state index contributed by atoms with van der Waals surface area (Å²) in [6.45, 7) is -0.439. The van der Waals surface area contributed by atoms with Gasteiger partial charge >= 0.3 is 16.5 Å². The van der Waals surface area contributed by atoms with Crippen LogP contribution in [0.25, 0.3) is 0 Å². The largest absolute Gasteiger partial charge is 0.455 e. The smallest absolute Gasteiger partial charge is 0.449 e. The maximum Gasteiger partial charge on any atom is 0.449 e. The summed E-state index contributed by atoms with van der Waals surface area (Å²) in [7, 11) is -4.16. The molecule has 0 aliphatic heterocycles. The summed E-state index contributed by atoms with van der Waals surface area (Å²) in [6, 6.07) is 2.49. The van der Waals surface area contributed by atoms with E-state index < -0.39 is 46.2 Å². The molecular formula is C21H20ClF4N5O5S. The van der Waals surface area contributed by atoms with Gasteiger partial charge < -0.3 is 14.3 Å². The van der Waals surface area contributed by atoms with Crippen molar-refractivity contribution in [3.05, 3.63) is 64.7 Å². The fourth-order valence-electron chi connectivity index (χ4n) is 4.01. The van der Waals surface area contributed by atoms with Crippen molar-refractivity contribution >= 4 is 33.5 Å². The van der Waals surface area contributed by atoms with Gasteiger partial charge in [-0.3, -0.25) is 8.98 Å². The zero-order chi connectivity index (χ0) is 27.0. The molecule has 0 amide bonds. The Labute approximate surface area is 213 Å². The number of aromatic nitrogens is 3. The molecule has 3 aromatic rings. The molecule has 10 nitrogen and oxygen atoms in total. The molecule has 0 spiro atoms. The number of alkyl halides is 4. The van der Waals surface area contributed by atoms with Crippen LogP contribution < -0.4 is 10.5 Å². The maximum atomic E-state index is 14.6. The number of anilines is 1. The van der Waals surface area contributed by atoms with E-state index in [0.29, 0.717) is 0 Å². The van der Waals surface area contributed by atoms with E-state index in [1.807, 2.05) is 0 Å². The van der Waals surface area contributed by atoms with E-state index in [1.54, 1.807) is 0 Å². The molecule has 0 radical (unpaired) electrons. The predicted octanol–water partition coefficient (Wildman–Crippen LogP) is 3.57. The van der Waals surface area contributed by atoms with Crippen molar-refractivity contribution in [3.8, 4) is 0 Å². The molecule has 37 heavy (non-hydrogen) atoms. The minimum absolute atomic E-state index is 0.00473. The second-order valence-electron chi connectivity index (χ2n) is 8.44. The number of hydrogen-bond donors (Lipinski definition) is 2. The number of carbonyl (C=O) groups is 1. The van der Waals surface area contributed by atoms with Crippen LogP contribution >= 0.6 is 11.6 Å². The van der Waals surface area contributed by atoms with Gasteiger partial charge in [-0.1, -0.05) is 11.6 Å². The van der Waals surface area contributed by atoms with Gasteiger partial charge in [0.05, 0.1) is 24.8 Å². The van der Waals surface area contributed by atoms with Crippen molar-refractivity contribution in [3.63, 3.8) is 0 Å². The van der Waals surface area contributed by atoms with Crippen molar-refractivity contribution in [2.45, 2.75) is 37.8 Å². The SMILES string of the molecule is NS(=O)(=O)OCC1CC(F)C(Nc2ncncc2C(=O)c2cc(Cl)n(Cc3ccc(C(F)(F)F)o3)c2)C1. The molecule has 200 valence electrons. The van der Waals surface area contributed by atoms with Gasteiger partial charge in [-0.05, 0) is 37.0 Å². The summed E-state index contributed by atoms with van der Waals surface area (Å²) in [5, 5.41) is 7.75. The minimum Gasteiger partial charge on any atom is -0.455 e. The highest BCUT2D eigenvalue weighted by Gasteiger charge is 2.36. The quantitative estimate of drug-likeness (QED) is 0.296. The Morgan fingerprint density at radius 1 is 1.32 bits per heavy atom. The van der Waals surface area contributed by atoms with Gasteiger partial charge in [0.2, 0.25) is 5.76 Å². The Morgan fingerprint density at radius 2 is 2.08 bits per heavy atom. The molecule has 1 aliphatic carbocycles. The first-order chi connectivity index (χ1) is 17.3. The number of hydrogen-bond acceptors (Lipinski definition) is 8. The zero-order valence-corrected chi connectivity index (χ0v) is 20.4. The van der Waals surface area contributed by atoms with Crippen LogP contribution in [-0.4, -0.2) is 47.6 Å². The fourth-order valence-corrected chi connectivity index (χ4v) is 4.62. The first-order valence-corrected chi connectivity index (χ1v) is 12.6. The van der Waals surface area contributed by atoms with E-state index in [0.717, 1.165) is 18.5 Å². The lowest BCUT2D eigenvalue weighted by Crippen LogP contribution is -2.27. The van der Waals surface area contributed by atoms with Crippen molar-refractivity contribution in [1.82, 2.24) is 14.5 Å². The molecule has 3 N–H and O–H groups in total. The number of nitrogens with one attached hydrogen (secondary N) is 1. The number of furan rings is 1. The zero-order valence-electron chi connectivity index (χ0n) is 18.8. The number of carbonyl (C=O) groups excluding carboxylic acids is 1. The number of nitrogens with two attached hydrogens (primary N) is 1. The standard InChI is InChI=1S/C21H20ClF4N5O5S/c22-18-5-12(7-31(18)8-13-1-2-17(36-13)21(24,25)26)19(32)14-6-28-10-29-20(14)30-16-4-11(3-15(16)23)9-35-37(27,33)34/h1-2,5-7,10-11,15-16H,3-4,8-9H2,(H2,27,33,34)(H,28,29,30). The average Bonchev–Trinajstić information content (AvgIpc) is 3.52. The van der Waals surface area contributed by atoms with Crippen LogP contribution in [0.15, 0.2) is 41.3 Å². The maximum absolute atomic E-state index is 14.6. The fraction of sp³-hybridized carbons (Fsp3) is 0.381. The van der Waals surface area contributed by atoms with Gasteiger partial charge in [-0.15, -0.1) is 0 Å². The number of nitrogens with zero attached hydrogens (tertiary/aromatic N) is 3. The molecule has 0 saturated heterocycles. The minimum atomic E-state index is -4.64. The first kappa shape index (κ1) is 27.0. The lowest BCUT2D eigenvalue weighted by atomic mass is 10.1. The van der Waals surface area contributed by atoms with E-state index in [4.69, 9.17) is 21.2 Å². The van der Waals surface area contributed by atoms with Gasteiger partial charge in [-0.25, -0.2) is 19.5 Å². The number of rotatable bonds is 9. The van der Waals surface area contributed by atoms with E-state index in [9.17, 15) is 30.8 Å². The second-order valence-corrected chi connectivity index (χ2v) is 10.0. The van der Waals surface area contributed by atoms with Crippen molar-refractivity contribution < 1.29 is 39.4 Å².